The van der Waals surface area contributed by atoms with Crippen molar-refractivity contribution in [1.82, 2.24) is 24.1 Å². The minimum atomic E-state index is -0.109. The van der Waals surface area contributed by atoms with Crippen LogP contribution in [0.25, 0.3) is 16.7 Å². The van der Waals surface area contributed by atoms with Crippen LogP contribution in [0, 0.1) is 0 Å². The van der Waals surface area contributed by atoms with Crippen molar-refractivity contribution in [2.24, 2.45) is 0 Å². The average molecular weight is 442 g/mol. The van der Waals surface area contributed by atoms with Gasteiger partial charge in [-0.15, -0.1) is 23.4 Å². The molecular weight excluding hydrogens is 414 g/mol. The van der Waals surface area contributed by atoms with Crippen molar-refractivity contribution in [3.05, 3.63) is 59.9 Å². The van der Waals surface area contributed by atoms with E-state index in [4.69, 9.17) is 4.74 Å². The van der Waals surface area contributed by atoms with E-state index in [0.717, 1.165) is 5.52 Å². The molecule has 8 nitrogen and oxygen atoms in total. The molecule has 0 bridgehead atoms. The largest absolute Gasteiger partial charge is 0.382 e. The van der Waals surface area contributed by atoms with Crippen LogP contribution in [-0.2, 0) is 16.1 Å². The van der Waals surface area contributed by atoms with E-state index >= 15 is 0 Å². The molecule has 0 N–H and O–H groups in total. The SMILES string of the molecule is C=CCN(CC=C)C(=O)CSc1nnc2n(CCCOCC)c(=O)c3ccccc3n12. The number of hydrogen-bond acceptors (Lipinski definition) is 6. The number of fused-ring (bicyclic) bond motifs is 3. The quantitative estimate of drug-likeness (QED) is 0.244. The zero-order valence-electron chi connectivity index (χ0n) is 17.7. The number of ether oxygens (including phenoxy) is 1. The number of aromatic nitrogens is 4. The van der Waals surface area contributed by atoms with Crippen LogP contribution in [0.5, 0.6) is 0 Å². The van der Waals surface area contributed by atoms with Gasteiger partial charge in [0.25, 0.3) is 5.56 Å². The molecule has 2 heterocycles. The Labute approximate surface area is 185 Å². The topological polar surface area (TPSA) is 81.7 Å². The molecule has 3 rings (SSSR count). The standard InChI is InChI=1S/C22H27N5O3S/c1-4-12-25(13-5-2)19(28)16-31-22-24-23-21-26(14-9-15-30-6-3)20(29)17-10-7-8-11-18(17)27(21)22/h4-5,7-8,10-11H,1-2,6,9,12-16H2,3H3. The van der Waals surface area contributed by atoms with Crippen LogP contribution in [0.3, 0.4) is 0 Å². The lowest BCUT2D eigenvalue weighted by molar-refractivity contribution is -0.127. The first-order chi connectivity index (χ1) is 15.1. The molecule has 0 radical (unpaired) electrons. The van der Waals surface area contributed by atoms with Gasteiger partial charge >= 0.3 is 0 Å². The second-order valence-electron chi connectivity index (χ2n) is 6.81. The van der Waals surface area contributed by atoms with Crippen LogP contribution >= 0.6 is 11.8 Å². The predicted molar refractivity (Wildman–Crippen MR) is 124 cm³/mol. The van der Waals surface area contributed by atoms with Crippen LogP contribution in [0.4, 0.5) is 0 Å². The second kappa shape index (κ2) is 10.9. The number of benzene rings is 1. The van der Waals surface area contributed by atoms with Crippen molar-refractivity contribution in [3.63, 3.8) is 0 Å². The normalized spacial score (nSPS) is 11.1. The van der Waals surface area contributed by atoms with Crippen molar-refractivity contribution in [3.8, 4) is 0 Å². The first kappa shape index (κ1) is 22.8. The summed E-state index contributed by atoms with van der Waals surface area (Å²) in [5.41, 5.74) is 0.611. The number of carbonyl (C=O) groups excluding carboxylic acids is 1. The van der Waals surface area contributed by atoms with Crippen LogP contribution in [0.1, 0.15) is 13.3 Å². The van der Waals surface area contributed by atoms with E-state index in [-0.39, 0.29) is 17.2 Å². The van der Waals surface area contributed by atoms with Crippen LogP contribution in [0.15, 0.2) is 59.5 Å². The highest BCUT2D eigenvalue weighted by Gasteiger charge is 2.18. The van der Waals surface area contributed by atoms with E-state index in [0.29, 0.717) is 55.6 Å². The molecule has 0 saturated carbocycles. The number of amides is 1. The Balaban J connectivity index is 1.95. The molecule has 2 aromatic heterocycles. The number of nitrogens with zero attached hydrogens (tertiary/aromatic N) is 5. The summed E-state index contributed by atoms with van der Waals surface area (Å²) in [7, 11) is 0. The lowest BCUT2D eigenvalue weighted by Gasteiger charge is -2.18. The maximum absolute atomic E-state index is 13.1. The third-order valence-electron chi connectivity index (χ3n) is 4.73. The summed E-state index contributed by atoms with van der Waals surface area (Å²) in [6.45, 7) is 11.9. The van der Waals surface area contributed by atoms with Gasteiger partial charge in [0.2, 0.25) is 11.7 Å². The summed E-state index contributed by atoms with van der Waals surface area (Å²) < 4.78 is 8.88. The van der Waals surface area contributed by atoms with E-state index in [2.05, 4.69) is 23.4 Å². The molecule has 0 aliphatic carbocycles. The molecule has 1 aromatic carbocycles. The summed E-state index contributed by atoms with van der Waals surface area (Å²) in [5.74, 6) is 0.611. The molecule has 1 amide bonds. The van der Waals surface area contributed by atoms with Crippen LogP contribution < -0.4 is 5.56 Å². The van der Waals surface area contributed by atoms with Gasteiger partial charge in [-0.2, -0.15) is 0 Å². The first-order valence-electron chi connectivity index (χ1n) is 10.2. The molecule has 9 heteroatoms. The third kappa shape index (κ3) is 5.05. The fraction of sp³-hybridized carbons (Fsp3) is 0.364. The Morgan fingerprint density at radius 1 is 1.23 bits per heavy atom. The number of para-hydroxylation sites is 1. The van der Waals surface area contributed by atoms with Gasteiger partial charge in [0, 0.05) is 32.8 Å². The van der Waals surface area contributed by atoms with Crippen molar-refractivity contribution in [1.29, 1.82) is 0 Å². The highest BCUT2D eigenvalue weighted by molar-refractivity contribution is 7.99. The predicted octanol–water partition coefficient (Wildman–Crippen LogP) is 2.76. The maximum atomic E-state index is 13.1. The number of carbonyl (C=O) groups is 1. The Bertz CT molecular complexity index is 1130. The lowest BCUT2D eigenvalue weighted by atomic mass is 10.2. The number of rotatable bonds is 12. The molecule has 164 valence electrons. The first-order valence-corrected chi connectivity index (χ1v) is 11.2. The zero-order valence-corrected chi connectivity index (χ0v) is 18.5. The van der Waals surface area contributed by atoms with Gasteiger partial charge in [-0.05, 0) is 25.5 Å². The van der Waals surface area contributed by atoms with Gasteiger partial charge < -0.3 is 9.64 Å². The van der Waals surface area contributed by atoms with Crippen molar-refractivity contribution < 1.29 is 9.53 Å². The monoisotopic (exact) mass is 441 g/mol. The Hall–Kier alpha value is -2.91. The van der Waals surface area contributed by atoms with Gasteiger partial charge in [-0.1, -0.05) is 36.0 Å². The third-order valence-corrected chi connectivity index (χ3v) is 5.64. The minimum Gasteiger partial charge on any atom is -0.382 e. The Morgan fingerprint density at radius 2 is 1.97 bits per heavy atom. The summed E-state index contributed by atoms with van der Waals surface area (Å²) in [6.07, 6.45) is 4.06. The molecule has 0 aliphatic heterocycles. The van der Waals surface area contributed by atoms with Gasteiger partial charge in [-0.3, -0.25) is 18.6 Å². The Morgan fingerprint density at radius 3 is 2.68 bits per heavy atom. The number of thioether (sulfide) groups is 1. The highest BCUT2D eigenvalue weighted by Crippen LogP contribution is 2.22. The fourth-order valence-electron chi connectivity index (χ4n) is 3.31. The van der Waals surface area contributed by atoms with E-state index in [1.807, 2.05) is 29.5 Å². The average Bonchev–Trinajstić information content (AvgIpc) is 3.20. The van der Waals surface area contributed by atoms with Gasteiger partial charge in [0.1, 0.15) is 0 Å². The smallest absolute Gasteiger partial charge is 0.262 e. The van der Waals surface area contributed by atoms with E-state index in [9.17, 15) is 9.59 Å². The summed E-state index contributed by atoms with van der Waals surface area (Å²) in [5, 5.41) is 9.72. The van der Waals surface area contributed by atoms with Crippen LogP contribution in [-0.4, -0.2) is 62.0 Å². The molecule has 0 atom stereocenters. The summed E-state index contributed by atoms with van der Waals surface area (Å²) in [6, 6.07) is 7.37. The van der Waals surface area contributed by atoms with E-state index in [1.165, 1.54) is 11.8 Å². The highest BCUT2D eigenvalue weighted by atomic mass is 32.2. The minimum absolute atomic E-state index is 0.0455. The number of hydrogen-bond donors (Lipinski definition) is 0. The van der Waals surface area contributed by atoms with Crippen molar-refractivity contribution in [2.45, 2.75) is 25.0 Å². The van der Waals surface area contributed by atoms with E-state index in [1.54, 1.807) is 27.7 Å². The lowest BCUT2D eigenvalue weighted by Crippen LogP contribution is -2.32. The number of aryl methyl sites for hydroxylation is 1. The Kier molecular flexibility index (Phi) is 8.02. The van der Waals surface area contributed by atoms with E-state index < -0.39 is 0 Å². The molecule has 0 aliphatic rings. The summed E-state index contributed by atoms with van der Waals surface area (Å²) >= 11 is 1.30. The summed E-state index contributed by atoms with van der Waals surface area (Å²) in [4.78, 5) is 27.4. The molecule has 0 fully saturated rings. The molecule has 0 unspecified atom stereocenters. The van der Waals surface area contributed by atoms with Gasteiger partial charge in [-0.25, -0.2) is 0 Å². The zero-order chi connectivity index (χ0) is 22.2. The van der Waals surface area contributed by atoms with Crippen molar-refractivity contribution >= 4 is 34.3 Å². The van der Waals surface area contributed by atoms with Gasteiger partial charge in [0.15, 0.2) is 5.16 Å². The maximum Gasteiger partial charge on any atom is 0.262 e. The fourth-order valence-corrected chi connectivity index (χ4v) is 4.15. The second-order valence-corrected chi connectivity index (χ2v) is 7.75. The molecule has 0 saturated heterocycles. The van der Waals surface area contributed by atoms with Gasteiger partial charge in [0.05, 0.1) is 16.7 Å². The van der Waals surface area contributed by atoms with Crippen LogP contribution in [0.2, 0.25) is 0 Å². The van der Waals surface area contributed by atoms with Crippen molar-refractivity contribution in [2.75, 3.05) is 32.1 Å². The molecule has 31 heavy (non-hydrogen) atoms. The molecule has 3 aromatic rings. The molecule has 0 spiro atoms. The molecular formula is C22H27N5O3S.